The summed E-state index contributed by atoms with van der Waals surface area (Å²) in [4.78, 5) is 16.7. The van der Waals surface area contributed by atoms with Crippen LogP contribution in [0.15, 0.2) is 47.8 Å². The van der Waals surface area contributed by atoms with Crippen LogP contribution < -0.4 is 4.74 Å². The van der Waals surface area contributed by atoms with Gasteiger partial charge in [-0.05, 0) is 43.0 Å². The van der Waals surface area contributed by atoms with Gasteiger partial charge in [0.05, 0.1) is 18.9 Å². The highest BCUT2D eigenvalue weighted by molar-refractivity contribution is 7.13. The predicted molar refractivity (Wildman–Crippen MR) is 133 cm³/mol. The summed E-state index contributed by atoms with van der Waals surface area (Å²) in [5.74, 6) is -0.242. The van der Waals surface area contributed by atoms with E-state index < -0.39 is 17.9 Å². The Hall–Kier alpha value is -2.77. The molecule has 1 atom stereocenters. The number of benzene rings is 2. The average molecular weight is 486 g/mol. The molecule has 0 aliphatic heterocycles. The Kier molecular flexibility index (Phi) is 9.60. The van der Waals surface area contributed by atoms with Gasteiger partial charge in [0, 0.05) is 30.4 Å². The Morgan fingerprint density at radius 1 is 1.09 bits per heavy atom. The Balaban J connectivity index is 1.54. The van der Waals surface area contributed by atoms with Gasteiger partial charge in [-0.15, -0.1) is 11.3 Å². The van der Waals surface area contributed by atoms with Crippen LogP contribution in [0, 0.1) is 5.82 Å². The lowest BCUT2D eigenvalue weighted by Gasteiger charge is -2.16. The Morgan fingerprint density at radius 3 is 2.50 bits per heavy atom. The number of thiazole rings is 1. The number of ether oxygens (including phenoxy) is 3. The van der Waals surface area contributed by atoms with Gasteiger partial charge in [0.2, 0.25) is 0 Å². The lowest BCUT2D eigenvalue weighted by molar-refractivity contribution is -0.156. The first kappa shape index (κ1) is 25.8. The van der Waals surface area contributed by atoms with Crippen LogP contribution in [-0.2, 0) is 27.1 Å². The van der Waals surface area contributed by atoms with Crippen LogP contribution in [0.5, 0.6) is 5.75 Å². The third-order valence-corrected chi connectivity index (χ3v) is 6.27. The van der Waals surface area contributed by atoms with Gasteiger partial charge in [0.15, 0.2) is 17.7 Å². The molecule has 1 unspecified atom stereocenters. The summed E-state index contributed by atoms with van der Waals surface area (Å²) in [6, 6.07) is 13.2. The second-order valence-electron chi connectivity index (χ2n) is 8.18. The van der Waals surface area contributed by atoms with Crippen molar-refractivity contribution in [2.75, 3.05) is 19.8 Å². The molecule has 0 bridgehead atoms. The number of aromatic nitrogens is 1. The highest BCUT2D eigenvalue weighted by Gasteiger charge is 2.21. The minimum atomic E-state index is -0.753. The molecular formula is C27H32FNO4S. The molecule has 0 fully saturated rings. The number of halogens is 1. The van der Waals surface area contributed by atoms with Crippen molar-refractivity contribution < 1.29 is 23.4 Å². The van der Waals surface area contributed by atoms with Crippen LogP contribution in [-0.4, -0.2) is 36.9 Å². The van der Waals surface area contributed by atoms with Crippen molar-refractivity contribution in [1.82, 2.24) is 4.98 Å². The lowest BCUT2D eigenvalue weighted by atomic mass is 10.0. The molecule has 3 aromatic rings. The largest absolute Gasteiger partial charge is 0.490 e. The van der Waals surface area contributed by atoms with Gasteiger partial charge in [0.25, 0.3) is 0 Å². The zero-order chi connectivity index (χ0) is 24.5. The molecule has 3 rings (SSSR count). The van der Waals surface area contributed by atoms with Crippen molar-refractivity contribution in [1.29, 1.82) is 0 Å². The second-order valence-corrected chi connectivity index (χ2v) is 9.04. The van der Waals surface area contributed by atoms with Crippen LogP contribution in [0.3, 0.4) is 0 Å². The van der Waals surface area contributed by atoms with Crippen molar-refractivity contribution in [2.45, 2.75) is 52.6 Å². The fraction of sp³-hybridized carbons (Fsp3) is 0.407. The quantitative estimate of drug-likeness (QED) is 0.286. The summed E-state index contributed by atoms with van der Waals surface area (Å²) in [7, 11) is 0. The zero-order valence-electron chi connectivity index (χ0n) is 20.2. The van der Waals surface area contributed by atoms with Gasteiger partial charge in [-0.25, -0.2) is 14.2 Å². The van der Waals surface area contributed by atoms with Gasteiger partial charge in [0.1, 0.15) is 5.01 Å². The third kappa shape index (κ3) is 7.11. The van der Waals surface area contributed by atoms with E-state index in [0.717, 1.165) is 16.3 Å². The Morgan fingerprint density at radius 2 is 1.85 bits per heavy atom. The molecule has 0 saturated carbocycles. The standard InChI is InChI=1S/C27H32FNO4S/c1-5-31-25(27(30)32-6-2)16-19-7-12-24(23(28)15-19)33-14-13-22-17-34-26(29-22)21-10-8-20(9-11-21)18(3)4/h7-12,15,17-18,25H,5-6,13-14,16H2,1-4H3. The molecule has 0 saturated heterocycles. The Bertz CT molecular complexity index is 1060. The lowest BCUT2D eigenvalue weighted by Crippen LogP contribution is -2.29. The summed E-state index contributed by atoms with van der Waals surface area (Å²) in [5, 5.41) is 2.98. The Labute approximate surface area is 204 Å². The number of nitrogens with zero attached hydrogens (tertiary/aromatic N) is 1. The molecule has 2 aromatic carbocycles. The predicted octanol–water partition coefficient (Wildman–Crippen LogP) is 6.20. The van der Waals surface area contributed by atoms with Gasteiger partial charge < -0.3 is 14.2 Å². The number of esters is 1. The third-order valence-electron chi connectivity index (χ3n) is 5.33. The van der Waals surface area contributed by atoms with E-state index in [9.17, 15) is 9.18 Å². The normalized spacial score (nSPS) is 12.1. The summed E-state index contributed by atoms with van der Waals surface area (Å²) >= 11 is 1.59. The van der Waals surface area contributed by atoms with Crippen molar-refractivity contribution in [3.8, 4) is 16.3 Å². The van der Waals surface area contributed by atoms with Gasteiger partial charge in [-0.1, -0.05) is 44.2 Å². The number of hydrogen-bond donors (Lipinski definition) is 0. The minimum Gasteiger partial charge on any atom is -0.490 e. The molecule has 0 aliphatic carbocycles. The van der Waals surface area contributed by atoms with E-state index in [4.69, 9.17) is 19.2 Å². The van der Waals surface area contributed by atoms with E-state index in [1.165, 1.54) is 11.6 Å². The molecule has 182 valence electrons. The zero-order valence-corrected chi connectivity index (χ0v) is 21.0. The van der Waals surface area contributed by atoms with E-state index in [2.05, 4.69) is 38.1 Å². The summed E-state index contributed by atoms with van der Waals surface area (Å²) in [5.41, 5.74) is 3.95. The highest BCUT2D eigenvalue weighted by atomic mass is 32.1. The molecule has 1 heterocycles. The molecule has 7 heteroatoms. The topological polar surface area (TPSA) is 57.7 Å². The monoisotopic (exact) mass is 485 g/mol. The van der Waals surface area contributed by atoms with Crippen molar-refractivity contribution in [3.05, 3.63) is 70.5 Å². The van der Waals surface area contributed by atoms with Crippen molar-refractivity contribution in [2.24, 2.45) is 0 Å². The SMILES string of the molecule is CCOC(=O)C(Cc1ccc(OCCc2csc(-c3ccc(C(C)C)cc3)n2)c(F)c1)OCC. The van der Waals surface area contributed by atoms with Crippen LogP contribution in [0.4, 0.5) is 4.39 Å². The van der Waals surface area contributed by atoms with Crippen molar-refractivity contribution >= 4 is 17.3 Å². The van der Waals surface area contributed by atoms with E-state index in [-0.39, 0.29) is 18.8 Å². The maximum Gasteiger partial charge on any atom is 0.335 e. The molecule has 0 radical (unpaired) electrons. The van der Waals surface area contributed by atoms with Gasteiger partial charge in [-0.2, -0.15) is 0 Å². The molecule has 0 N–H and O–H groups in total. The number of carbonyl (C=O) groups is 1. The first-order valence-corrected chi connectivity index (χ1v) is 12.5. The molecular weight excluding hydrogens is 453 g/mol. The van der Waals surface area contributed by atoms with Crippen molar-refractivity contribution in [3.63, 3.8) is 0 Å². The fourth-order valence-corrected chi connectivity index (χ4v) is 4.34. The maximum absolute atomic E-state index is 14.6. The first-order valence-electron chi connectivity index (χ1n) is 11.6. The van der Waals surface area contributed by atoms with Gasteiger partial charge in [-0.3, -0.25) is 0 Å². The number of carbonyl (C=O) groups excluding carboxylic acids is 1. The highest BCUT2D eigenvalue weighted by Crippen LogP contribution is 2.26. The van der Waals surface area contributed by atoms with E-state index >= 15 is 0 Å². The molecule has 0 aliphatic rings. The van der Waals surface area contributed by atoms with Crippen LogP contribution in [0.2, 0.25) is 0 Å². The maximum atomic E-state index is 14.6. The number of hydrogen-bond acceptors (Lipinski definition) is 6. The first-order chi connectivity index (χ1) is 16.4. The number of rotatable bonds is 12. The summed E-state index contributed by atoms with van der Waals surface area (Å²) in [6.45, 7) is 8.85. The summed E-state index contributed by atoms with van der Waals surface area (Å²) in [6.07, 6.45) is 0.0669. The van der Waals surface area contributed by atoms with Crippen LogP contribution in [0.25, 0.3) is 10.6 Å². The minimum absolute atomic E-state index is 0.174. The molecule has 34 heavy (non-hydrogen) atoms. The smallest absolute Gasteiger partial charge is 0.335 e. The van der Waals surface area contributed by atoms with E-state index in [1.807, 2.05) is 5.38 Å². The van der Waals surface area contributed by atoms with Crippen LogP contribution >= 0.6 is 11.3 Å². The van der Waals surface area contributed by atoms with E-state index in [1.54, 1.807) is 37.3 Å². The summed E-state index contributed by atoms with van der Waals surface area (Å²) < 4.78 is 30.7. The van der Waals surface area contributed by atoms with E-state index in [0.29, 0.717) is 31.1 Å². The fourth-order valence-electron chi connectivity index (χ4n) is 3.48. The molecule has 0 spiro atoms. The molecule has 0 amide bonds. The molecule has 5 nitrogen and oxygen atoms in total. The average Bonchev–Trinajstić information content (AvgIpc) is 3.29. The van der Waals surface area contributed by atoms with Crippen LogP contribution in [0.1, 0.15) is 50.4 Å². The second kappa shape index (κ2) is 12.6. The van der Waals surface area contributed by atoms with Gasteiger partial charge >= 0.3 is 5.97 Å². The molecule has 1 aromatic heterocycles.